The zero-order chi connectivity index (χ0) is 24.2. The standard InChI is InChI=1S/C18H24N2.C11H15N3/c1-3-15-7-5-9-17(13-15)19-11-12-20-18-10-6-8-16(4-2)14-18;1-2-9-4-3-5-10(8-9)14-7-6-13-11(14)12/h5-10,13-14,19-20H,3-4,11-12H2,1-2H3;3-5,8H,2,6-7H2,1H3,(H2,12,13). The van der Waals surface area contributed by atoms with Gasteiger partial charge >= 0.3 is 0 Å². The zero-order valence-corrected chi connectivity index (χ0v) is 20.8. The molecule has 0 atom stereocenters. The summed E-state index contributed by atoms with van der Waals surface area (Å²) in [5.74, 6) is 0.637. The minimum atomic E-state index is 0.637. The lowest BCUT2D eigenvalue weighted by molar-refractivity contribution is 1.02. The molecule has 0 fully saturated rings. The van der Waals surface area contributed by atoms with Crippen LogP contribution in [-0.4, -0.2) is 32.1 Å². The van der Waals surface area contributed by atoms with Crippen LogP contribution < -0.4 is 21.3 Å². The second-order valence-corrected chi connectivity index (χ2v) is 8.38. The van der Waals surface area contributed by atoms with E-state index in [-0.39, 0.29) is 0 Å². The lowest BCUT2D eigenvalue weighted by atomic mass is 10.1. The Morgan fingerprint density at radius 3 is 1.71 bits per heavy atom. The molecule has 180 valence electrons. The van der Waals surface area contributed by atoms with E-state index in [1.165, 1.54) is 28.1 Å². The van der Waals surface area contributed by atoms with Crippen molar-refractivity contribution in [2.45, 2.75) is 40.0 Å². The fraction of sp³-hybridized carbons (Fsp3) is 0.345. The second-order valence-electron chi connectivity index (χ2n) is 8.38. The van der Waals surface area contributed by atoms with E-state index in [1.54, 1.807) is 0 Å². The van der Waals surface area contributed by atoms with Gasteiger partial charge in [-0.2, -0.15) is 0 Å². The molecule has 0 aromatic heterocycles. The third-order valence-electron chi connectivity index (χ3n) is 5.96. The maximum Gasteiger partial charge on any atom is 0.195 e. The molecule has 0 amide bonds. The van der Waals surface area contributed by atoms with E-state index >= 15 is 0 Å². The first kappa shape index (κ1) is 25.2. The molecule has 0 saturated carbocycles. The molecular weight excluding hydrogens is 418 g/mol. The van der Waals surface area contributed by atoms with Gasteiger partial charge in [-0.3, -0.25) is 4.99 Å². The van der Waals surface area contributed by atoms with Gasteiger partial charge in [0.1, 0.15) is 0 Å². The van der Waals surface area contributed by atoms with Crippen LogP contribution in [-0.2, 0) is 19.3 Å². The highest BCUT2D eigenvalue weighted by Crippen LogP contribution is 2.18. The molecule has 4 rings (SSSR count). The van der Waals surface area contributed by atoms with Gasteiger partial charge in [-0.1, -0.05) is 57.2 Å². The van der Waals surface area contributed by atoms with Crippen LogP contribution in [0.1, 0.15) is 37.5 Å². The molecule has 1 heterocycles. The van der Waals surface area contributed by atoms with E-state index in [9.17, 15) is 0 Å². The van der Waals surface area contributed by atoms with Crippen LogP contribution in [0.2, 0.25) is 0 Å². The third kappa shape index (κ3) is 7.55. The summed E-state index contributed by atoms with van der Waals surface area (Å²) < 4.78 is 0. The summed E-state index contributed by atoms with van der Waals surface area (Å²) in [5, 5.41) is 6.91. The lowest BCUT2D eigenvalue weighted by Crippen LogP contribution is -2.33. The maximum atomic E-state index is 5.78. The van der Waals surface area contributed by atoms with Crippen LogP contribution >= 0.6 is 0 Å². The second kappa shape index (κ2) is 13.3. The van der Waals surface area contributed by atoms with Gasteiger partial charge in [0.15, 0.2) is 5.96 Å². The number of nitrogens with one attached hydrogen (secondary N) is 2. The minimum absolute atomic E-state index is 0.637. The summed E-state index contributed by atoms with van der Waals surface area (Å²) in [6.07, 6.45) is 3.22. The van der Waals surface area contributed by atoms with Crippen molar-refractivity contribution in [2.75, 3.05) is 41.7 Å². The Balaban J connectivity index is 0.000000202. The molecule has 0 saturated heterocycles. The molecule has 34 heavy (non-hydrogen) atoms. The van der Waals surface area contributed by atoms with E-state index in [2.05, 4.69) is 114 Å². The summed E-state index contributed by atoms with van der Waals surface area (Å²) in [5.41, 5.74) is 13.4. The van der Waals surface area contributed by atoms with Crippen LogP contribution in [0.3, 0.4) is 0 Å². The summed E-state index contributed by atoms with van der Waals surface area (Å²) in [4.78, 5) is 6.22. The molecule has 0 radical (unpaired) electrons. The van der Waals surface area contributed by atoms with Gasteiger partial charge in [0, 0.05) is 36.7 Å². The molecule has 1 aliphatic rings. The monoisotopic (exact) mass is 457 g/mol. The van der Waals surface area contributed by atoms with E-state index in [0.29, 0.717) is 5.96 Å². The van der Waals surface area contributed by atoms with Gasteiger partial charge in [0.05, 0.1) is 6.54 Å². The smallest absolute Gasteiger partial charge is 0.195 e. The van der Waals surface area contributed by atoms with Crippen molar-refractivity contribution >= 4 is 23.0 Å². The predicted molar refractivity (Wildman–Crippen MR) is 148 cm³/mol. The van der Waals surface area contributed by atoms with Crippen molar-refractivity contribution in [3.05, 3.63) is 89.5 Å². The highest BCUT2D eigenvalue weighted by molar-refractivity contribution is 5.96. The molecule has 0 aliphatic carbocycles. The van der Waals surface area contributed by atoms with Crippen LogP contribution in [0.4, 0.5) is 17.1 Å². The Morgan fingerprint density at radius 2 is 1.24 bits per heavy atom. The first-order valence-corrected chi connectivity index (χ1v) is 12.4. The van der Waals surface area contributed by atoms with Gasteiger partial charge in [-0.05, 0) is 72.4 Å². The topological polar surface area (TPSA) is 65.7 Å². The molecule has 3 aromatic carbocycles. The number of benzene rings is 3. The van der Waals surface area contributed by atoms with Gasteiger partial charge in [0.25, 0.3) is 0 Å². The summed E-state index contributed by atoms with van der Waals surface area (Å²) >= 11 is 0. The Morgan fingerprint density at radius 1 is 0.735 bits per heavy atom. The number of rotatable bonds is 9. The molecule has 1 aliphatic heterocycles. The molecule has 0 unspecified atom stereocenters. The number of nitrogens with zero attached hydrogens (tertiary/aromatic N) is 2. The number of anilines is 3. The van der Waals surface area contributed by atoms with Crippen molar-refractivity contribution < 1.29 is 0 Å². The lowest BCUT2D eigenvalue weighted by Gasteiger charge is -2.17. The number of nitrogens with two attached hydrogens (primary N) is 1. The number of aliphatic imine (C=N–C) groups is 1. The van der Waals surface area contributed by atoms with Gasteiger partial charge in [0.2, 0.25) is 0 Å². The Hall–Kier alpha value is -3.47. The summed E-state index contributed by atoms with van der Waals surface area (Å²) in [6, 6.07) is 25.7. The Labute approximate surface area is 205 Å². The first-order valence-electron chi connectivity index (χ1n) is 12.4. The van der Waals surface area contributed by atoms with E-state index in [1.807, 2.05) is 0 Å². The molecule has 5 heteroatoms. The predicted octanol–water partition coefficient (Wildman–Crippen LogP) is 5.72. The highest BCUT2D eigenvalue weighted by atomic mass is 15.3. The number of aryl methyl sites for hydroxylation is 3. The molecule has 3 aromatic rings. The first-order chi connectivity index (χ1) is 16.6. The van der Waals surface area contributed by atoms with Crippen LogP contribution in [0.15, 0.2) is 77.8 Å². The fourth-order valence-corrected chi connectivity index (χ4v) is 3.89. The minimum Gasteiger partial charge on any atom is -0.383 e. The summed E-state index contributed by atoms with van der Waals surface area (Å²) in [6.45, 7) is 10.1. The van der Waals surface area contributed by atoms with Crippen molar-refractivity contribution in [3.8, 4) is 0 Å². The van der Waals surface area contributed by atoms with Gasteiger partial charge in [-0.25, -0.2) is 0 Å². The summed E-state index contributed by atoms with van der Waals surface area (Å²) in [7, 11) is 0. The Bertz CT molecular complexity index is 1010. The quantitative estimate of drug-likeness (QED) is 0.360. The largest absolute Gasteiger partial charge is 0.383 e. The molecule has 4 N–H and O–H groups in total. The zero-order valence-electron chi connectivity index (χ0n) is 20.8. The SMILES string of the molecule is CCc1cccc(N2CCN=C2N)c1.CCc1cccc(NCCNc2cccc(CC)c2)c1. The molecule has 0 spiro atoms. The van der Waals surface area contributed by atoms with Crippen LogP contribution in [0.5, 0.6) is 0 Å². The fourth-order valence-electron chi connectivity index (χ4n) is 3.89. The van der Waals surface area contributed by atoms with Crippen molar-refractivity contribution in [1.82, 2.24) is 0 Å². The normalized spacial score (nSPS) is 12.6. The van der Waals surface area contributed by atoms with Crippen molar-refractivity contribution in [1.29, 1.82) is 0 Å². The maximum absolute atomic E-state index is 5.78. The van der Waals surface area contributed by atoms with Crippen molar-refractivity contribution in [2.24, 2.45) is 10.7 Å². The number of hydrogen-bond donors (Lipinski definition) is 3. The van der Waals surface area contributed by atoms with E-state index in [0.717, 1.165) is 51.1 Å². The van der Waals surface area contributed by atoms with Crippen molar-refractivity contribution in [3.63, 3.8) is 0 Å². The molecular formula is C29H39N5. The molecule has 0 bridgehead atoms. The third-order valence-corrected chi connectivity index (χ3v) is 5.96. The van der Waals surface area contributed by atoms with Crippen LogP contribution in [0, 0.1) is 0 Å². The van der Waals surface area contributed by atoms with Gasteiger partial charge in [-0.15, -0.1) is 0 Å². The average molecular weight is 458 g/mol. The average Bonchev–Trinajstić information content (AvgIpc) is 3.33. The number of hydrogen-bond acceptors (Lipinski definition) is 5. The Kier molecular flexibility index (Phi) is 9.83. The van der Waals surface area contributed by atoms with Gasteiger partial charge < -0.3 is 21.3 Å². The van der Waals surface area contributed by atoms with E-state index in [4.69, 9.17) is 5.73 Å². The van der Waals surface area contributed by atoms with Crippen LogP contribution in [0.25, 0.3) is 0 Å². The molecule has 5 nitrogen and oxygen atoms in total. The number of guanidine groups is 1. The van der Waals surface area contributed by atoms with E-state index < -0.39 is 0 Å². The highest BCUT2D eigenvalue weighted by Gasteiger charge is 2.15.